The van der Waals surface area contributed by atoms with Crippen molar-refractivity contribution < 1.29 is 28.8 Å². The van der Waals surface area contributed by atoms with Gasteiger partial charge in [-0.2, -0.15) is 0 Å². The number of carbonyl (C=O) groups is 1. The van der Waals surface area contributed by atoms with Gasteiger partial charge < -0.3 is 29.0 Å². The van der Waals surface area contributed by atoms with Crippen LogP contribution in [0.25, 0.3) is 0 Å². The molecule has 28 heavy (non-hydrogen) atoms. The second-order valence-corrected chi connectivity index (χ2v) is 7.64. The van der Waals surface area contributed by atoms with Crippen molar-refractivity contribution in [2.75, 3.05) is 26.8 Å². The summed E-state index contributed by atoms with van der Waals surface area (Å²) in [5, 5.41) is 9.98. The van der Waals surface area contributed by atoms with Crippen molar-refractivity contribution in [1.82, 2.24) is 4.90 Å². The third-order valence-electron chi connectivity index (χ3n) is 4.77. The van der Waals surface area contributed by atoms with Crippen molar-refractivity contribution >= 4 is 17.7 Å². The molecule has 1 atom stereocenters. The van der Waals surface area contributed by atoms with Crippen molar-refractivity contribution in [3.63, 3.8) is 0 Å². The van der Waals surface area contributed by atoms with Gasteiger partial charge in [0.25, 0.3) is 0 Å². The summed E-state index contributed by atoms with van der Waals surface area (Å²) in [5.74, 6) is 2.79. The summed E-state index contributed by atoms with van der Waals surface area (Å²) in [6, 6.07) is 9.21. The highest BCUT2D eigenvalue weighted by molar-refractivity contribution is 7.99. The van der Waals surface area contributed by atoms with Gasteiger partial charge in [-0.3, -0.25) is 4.79 Å². The largest absolute Gasteiger partial charge is 0.502 e. The van der Waals surface area contributed by atoms with Gasteiger partial charge in [0.2, 0.25) is 18.4 Å². The molecule has 2 aliphatic rings. The highest BCUT2D eigenvalue weighted by atomic mass is 32.2. The monoisotopic (exact) mass is 403 g/mol. The topological polar surface area (TPSA) is 77.5 Å². The molecule has 1 N–H and O–H groups in total. The average molecular weight is 403 g/mol. The Labute approximate surface area is 167 Å². The van der Waals surface area contributed by atoms with Crippen LogP contribution >= 0.6 is 11.8 Å². The van der Waals surface area contributed by atoms with Crippen LogP contribution in [0, 0.1) is 0 Å². The molecule has 4 rings (SSSR count). The van der Waals surface area contributed by atoms with E-state index in [1.165, 1.54) is 14.2 Å². The number of hydrogen-bond acceptors (Lipinski definition) is 7. The van der Waals surface area contributed by atoms with Crippen molar-refractivity contribution in [3.8, 4) is 28.7 Å². The molecule has 2 aliphatic heterocycles. The van der Waals surface area contributed by atoms with Gasteiger partial charge in [0, 0.05) is 18.7 Å². The molecule has 2 aromatic carbocycles. The normalized spacial score (nSPS) is 18.3. The first-order valence-electron chi connectivity index (χ1n) is 8.85. The van der Waals surface area contributed by atoms with E-state index in [1.807, 2.05) is 23.1 Å². The van der Waals surface area contributed by atoms with E-state index in [1.54, 1.807) is 23.9 Å². The average Bonchev–Trinajstić information content (AvgIpc) is 3.17. The summed E-state index contributed by atoms with van der Waals surface area (Å²) < 4.78 is 21.4. The second-order valence-electron chi connectivity index (χ2n) is 6.46. The molecular weight excluding hydrogens is 382 g/mol. The van der Waals surface area contributed by atoms with E-state index >= 15 is 0 Å². The van der Waals surface area contributed by atoms with Crippen molar-refractivity contribution in [2.24, 2.45) is 0 Å². The van der Waals surface area contributed by atoms with Crippen molar-refractivity contribution in [3.05, 3.63) is 41.5 Å². The predicted molar refractivity (Wildman–Crippen MR) is 104 cm³/mol. The molecular formula is C20H21NO6S. The van der Waals surface area contributed by atoms with Crippen LogP contribution in [0.3, 0.4) is 0 Å². The summed E-state index contributed by atoms with van der Waals surface area (Å²) in [6.07, 6.45) is 0.484. The Hall–Kier alpha value is -2.74. The number of amides is 1. The maximum atomic E-state index is 12.7. The molecule has 148 valence electrons. The van der Waals surface area contributed by atoms with E-state index in [4.69, 9.17) is 18.9 Å². The number of hydrogen-bond donors (Lipinski definition) is 1. The van der Waals surface area contributed by atoms with Crippen LogP contribution < -0.4 is 18.9 Å². The lowest BCUT2D eigenvalue weighted by Crippen LogP contribution is -2.36. The van der Waals surface area contributed by atoms with Gasteiger partial charge in [-0.15, -0.1) is 11.8 Å². The first-order chi connectivity index (χ1) is 13.6. The maximum absolute atomic E-state index is 12.7. The van der Waals surface area contributed by atoms with Gasteiger partial charge in [0.15, 0.2) is 23.0 Å². The highest BCUT2D eigenvalue weighted by Crippen LogP contribution is 2.45. The molecule has 1 saturated heterocycles. The van der Waals surface area contributed by atoms with Crippen LogP contribution in [-0.2, 0) is 11.3 Å². The summed E-state index contributed by atoms with van der Waals surface area (Å²) in [6.45, 7) is 0.658. The zero-order valence-electron chi connectivity index (χ0n) is 15.6. The SMILES string of the molecule is COc1cc(C2SCCC(=O)N2Cc2ccc3c(c2)OCO3)cc(OC)c1O. The van der Waals surface area contributed by atoms with E-state index in [9.17, 15) is 9.90 Å². The summed E-state index contributed by atoms with van der Waals surface area (Å²) in [7, 11) is 2.98. The number of phenols is 1. The molecule has 1 unspecified atom stereocenters. The van der Waals surface area contributed by atoms with Gasteiger partial charge in [0.05, 0.1) is 14.2 Å². The third-order valence-corrected chi connectivity index (χ3v) is 6.05. The highest BCUT2D eigenvalue weighted by Gasteiger charge is 2.31. The smallest absolute Gasteiger partial charge is 0.231 e. The van der Waals surface area contributed by atoms with Gasteiger partial charge in [-0.1, -0.05) is 6.07 Å². The Morgan fingerprint density at radius 1 is 1.14 bits per heavy atom. The van der Waals surface area contributed by atoms with E-state index in [2.05, 4.69) is 0 Å². The number of benzene rings is 2. The fourth-order valence-corrected chi connectivity index (χ4v) is 4.58. The Bertz CT molecular complexity index is 877. The second kappa shape index (κ2) is 7.71. The van der Waals surface area contributed by atoms with Gasteiger partial charge in [-0.25, -0.2) is 0 Å². The number of nitrogens with zero attached hydrogens (tertiary/aromatic N) is 1. The zero-order chi connectivity index (χ0) is 19.7. The van der Waals surface area contributed by atoms with Gasteiger partial charge in [0.1, 0.15) is 5.37 Å². The molecule has 7 nitrogen and oxygen atoms in total. The number of thioether (sulfide) groups is 1. The molecule has 2 aromatic rings. The number of aromatic hydroxyl groups is 1. The van der Waals surface area contributed by atoms with Crippen LogP contribution in [0.5, 0.6) is 28.7 Å². The van der Waals surface area contributed by atoms with Crippen LogP contribution in [0.1, 0.15) is 22.9 Å². The molecule has 1 fully saturated rings. The van der Waals surface area contributed by atoms with Crippen molar-refractivity contribution in [2.45, 2.75) is 18.3 Å². The molecule has 0 aromatic heterocycles. The Balaban J connectivity index is 1.66. The fraction of sp³-hybridized carbons (Fsp3) is 0.350. The third kappa shape index (κ3) is 3.40. The van der Waals surface area contributed by atoms with Crippen molar-refractivity contribution in [1.29, 1.82) is 0 Å². The lowest BCUT2D eigenvalue weighted by Gasteiger charge is -2.36. The standard InChI is InChI=1S/C20H21NO6S/c1-24-16-8-13(9-17(25-2)19(16)23)20-21(18(22)5-6-28-20)10-12-3-4-14-15(7-12)27-11-26-14/h3-4,7-9,20,23H,5-6,10-11H2,1-2H3. The Kier molecular flexibility index (Phi) is 5.13. The Morgan fingerprint density at radius 3 is 2.57 bits per heavy atom. The first kappa shape index (κ1) is 18.6. The predicted octanol–water partition coefficient (Wildman–Crippen LogP) is 3.30. The summed E-state index contributed by atoms with van der Waals surface area (Å²) in [4.78, 5) is 14.6. The summed E-state index contributed by atoms with van der Waals surface area (Å²) >= 11 is 1.67. The van der Waals surface area contributed by atoms with Crippen LogP contribution in [0.4, 0.5) is 0 Å². The number of methoxy groups -OCH3 is 2. The number of phenolic OH excluding ortho intramolecular Hbond substituents is 1. The number of fused-ring (bicyclic) bond motifs is 1. The van der Waals surface area contributed by atoms with E-state index < -0.39 is 0 Å². The van der Waals surface area contributed by atoms with Gasteiger partial charge >= 0.3 is 0 Å². The molecule has 8 heteroatoms. The molecule has 1 amide bonds. The van der Waals surface area contributed by atoms with Gasteiger partial charge in [-0.05, 0) is 35.4 Å². The van der Waals surface area contributed by atoms with E-state index in [-0.39, 0.29) is 23.8 Å². The molecule has 0 saturated carbocycles. The lowest BCUT2D eigenvalue weighted by molar-refractivity contribution is -0.132. The minimum atomic E-state index is -0.213. The number of carbonyl (C=O) groups excluding carboxylic acids is 1. The van der Waals surface area contributed by atoms with Crippen LogP contribution in [0.2, 0.25) is 0 Å². The Morgan fingerprint density at radius 2 is 1.86 bits per heavy atom. The first-order valence-corrected chi connectivity index (χ1v) is 9.90. The zero-order valence-corrected chi connectivity index (χ0v) is 16.5. The molecule has 0 spiro atoms. The van der Waals surface area contributed by atoms with E-state index in [0.29, 0.717) is 36.0 Å². The summed E-state index contributed by atoms with van der Waals surface area (Å²) in [5.41, 5.74) is 1.80. The lowest BCUT2D eigenvalue weighted by atomic mass is 10.1. The van der Waals surface area contributed by atoms with E-state index in [0.717, 1.165) is 16.9 Å². The molecule has 0 radical (unpaired) electrons. The number of ether oxygens (including phenoxy) is 4. The van der Waals surface area contributed by atoms with Crippen LogP contribution in [-0.4, -0.2) is 42.7 Å². The molecule has 0 bridgehead atoms. The minimum Gasteiger partial charge on any atom is -0.502 e. The molecule has 2 heterocycles. The maximum Gasteiger partial charge on any atom is 0.231 e. The quantitative estimate of drug-likeness (QED) is 0.821. The fourth-order valence-electron chi connectivity index (χ4n) is 3.36. The van der Waals surface area contributed by atoms with Crippen LogP contribution in [0.15, 0.2) is 30.3 Å². The number of rotatable bonds is 5. The molecule has 0 aliphatic carbocycles. The minimum absolute atomic E-state index is 0.0526.